The normalized spacial score (nSPS) is 40.5. The highest BCUT2D eigenvalue weighted by Gasteiger charge is 2.61. The van der Waals surface area contributed by atoms with E-state index in [1.165, 1.54) is 14.2 Å². The zero-order valence-electron chi connectivity index (χ0n) is 9.57. The number of rotatable bonds is 3. The second-order valence-electron chi connectivity index (χ2n) is 4.05. The van der Waals surface area contributed by atoms with E-state index in [2.05, 4.69) is 4.74 Å². The maximum absolute atomic E-state index is 11.6. The number of esters is 1. The van der Waals surface area contributed by atoms with Gasteiger partial charge in [0.05, 0.1) is 13.2 Å². The van der Waals surface area contributed by atoms with Crippen LogP contribution in [0, 0.1) is 0 Å². The highest BCUT2D eigenvalue weighted by molar-refractivity contribution is 5.81. The van der Waals surface area contributed by atoms with Crippen molar-refractivity contribution in [2.75, 3.05) is 21.3 Å². The average molecular weight is 218 g/mol. The van der Waals surface area contributed by atoms with Gasteiger partial charge in [-0.25, -0.2) is 4.79 Å². The molecule has 88 valence electrons. The molecule has 15 heavy (non-hydrogen) atoms. The average Bonchev–Trinajstić information content (AvgIpc) is 2.52. The molecular weight excluding hydrogens is 200 g/mol. The summed E-state index contributed by atoms with van der Waals surface area (Å²) in [5.74, 6) is -0.675. The molecule has 0 aromatic carbocycles. The fourth-order valence-corrected chi connectivity index (χ4v) is 2.11. The first-order valence-corrected chi connectivity index (χ1v) is 4.82. The Balaban J connectivity index is 2.99. The lowest BCUT2D eigenvalue weighted by molar-refractivity contribution is -0.190. The molecule has 0 saturated heterocycles. The van der Waals surface area contributed by atoms with Crippen molar-refractivity contribution >= 4 is 5.97 Å². The molecule has 1 rings (SSSR count). The first-order chi connectivity index (χ1) is 6.93. The Bertz CT molecular complexity index is 254. The maximum Gasteiger partial charge on any atom is 0.341 e. The summed E-state index contributed by atoms with van der Waals surface area (Å²) in [5.41, 5.74) is -2.59. The molecule has 0 radical (unpaired) electrons. The van der Waals surface area contributed by atoms with Crippen molar-refractivity contribution < 1.29 is 24.1 Å². The van der Waals surface area contributed by atoms with Crippen LogP contribution in [-0.2, 0) is 19.0 Å². The molecule has 0 aromatic heterocycles. The van der Waals surface area contributed by atoms with Crippen LogP contribution in [0.15, 0.2) is 0 Å². The Morgan fingerprint density at radius 1 is 1.33 bits per heavy atom. The number of hydrogen-bond donors (Lipinski definition) is 1. The zero-order valence-corrected chi connectivity index (χ0v) is 9.57. The Kier molecular flexibility index (Phi) is 3.38. The molecular formula is C10H18O5. The smallest absolute Gasteiger partial charge is 0.341 e. The van der Waals surface area contributed by atoms with Crippen LogP contribution < -0.4 is 0 Å². The van der Waals surface area contributed by atoms with E-state index in [9.17, 15) is 9.90 Å². The van der Waals surface area contributed by atoms with E-state index in [1.54, 1.807) is 14.0 Å². The fraction of sp³-hybridized carbons (Fsp3) is 0.900. The summed E-state index contributed by atoms with van der Waals surface area (Å²) in [6.45, 7) is 1.68. The standard InChI is InChI=1S/C10H18O5/c1-9(15-4)5-7(13-2)6-10(9,12)8(11)14-3/h7,12H,5-6H2,1-4H3/t7?,9?,10-/m1/s1. The van der Waals surface area contributed by atoms with E-state index in [1.807, 2.05) is 0 Å². The third-order valence-electron chi connectivity index (χ3n) is 3.32. The topological polar surface area (TPSA) is 65.0 Å². The summed E-state index contributed by atoms with van der Waals surface area (Å²) in [4.78, 5) is 11.6. The lowest BCUT2D eigenvalue weighted by Gasteiger charge is -2.35. The molecule has 0 spiro atoms. The summed E-state index contributed by atoms with van der Waals surface area (Å²) in [6, 6.07) is 0. The fourth-order valence-electron chi connectivity index (χ4n) is 2.11. The van der Waals surface area contributed by atoms with Crippen LogP contribution in [0.1, 0.15) is 19.8 Å². The molecule has 1 fully saturated rings. The van der Waals surface area contributed by atoms with Gasteiger partial charge in [0.15, 0.2) is 5.60 Å². The van der Waals surface area contributed by atoms with Crippen molar-refractivity contribution in [3.8, 4) is 0 Å². The molecule has 0 bridgehead atoms. The van der Waals surface area contributed by atoms with Crippen molar-refractivity contribution in [3.05, 3.63) is 0 Å². The van der Waals surface area contributed by atoms with Gasteiger partial charge in [-0.05, 0) is 6.92 Å². The number of ether oxygens (including phenoxy) is 3. The van der Waals surface area contributed by atoms with Gasteiger partial charge < -0.3 is 19.3 Å². The first kappa shape index (κ1) is 12.4. The molecule has 1 aliphatic carbocycles. The van der Waals surface area contributed by atoms with Gasteiger partial charge in [0, 0.05) is 27.1 Å². The summed E-state index contributed by atoms with van der Waals surface area (Å²) in [7, 11) is 4.26. The van der Waals surface area contributed by atoms with Gasteiger partial charge in [-0.2, -0.15) is 0 Å². The Hall–Kier alpha value is -0.650. The molecule has 1 saturated carbocycles. The minimum atomic E-state index is -1.63. The Morgan fingerprint density at radius 3 is 2.33 bits per heavy atom. The van der Waals surface area contributed by atoms with Crippen molar-refractivity contribution in [3.63, 3.8) is 0 Å². The van der Waals surface area contributed by atoms with Crippen LogP contribution in [0.4, 0.5) is 0 Å². The molecule has 5 nitrogen and oxygen atoms in total. The van der Waals surface area contributed by atoms with E-state index >= 15 is 0 Å². The molecule has 0 amide bonds. The molecule has 0 aromatic rings. The lowest BCUT2D eigenvalue weighted by Crippen LogP contribution is -2.55. The van der Waals surface area contributed by atoms with Gasteiger partial charge in [-0.3, -0.25) is 0 Å². The number of hydrogen-bond acceptors (Lipinski definition) is 5. The Labute approximate surface area is 89.3 Å². The van der Waals surface area contributed by atoms with Crippen molar-refractivity contribution in [1.29, 1.82) is 0 Å². The summed E-state index contributed by atoms with van der Waals surface area (Å²) >= 11 is 0. The zero-order chi connectivity index (χ0) is 11.7. The second kappa shape index (κ2) is 4.08. The van der Waals surface area contributed by atoms with Crippen molar-refractivity contribution in [2.45, 2.75) is 37.1 Å². The van der Waals surface area contributed by atoms with Crippen LogP contribution in [0.2, 0.25) is 0 Å². The molecule has 1 N–H and O–H groups in total. The predicted octanol–water partition coefficient (Wildman–Crippen LogP) is 0.104. The maximum atomic E-state index is 11.6. The molecule has 0 aliphatic heterocycles. The number of aliphatic hydroxyl groups is 1. The van der Waals surface area contributed by atoms with Gasteiger partial charge in [-0.1, -0.05) is 0 Å². The monoisotopic (exact) mass is 218 g/mol. The largest absolute Gasteiger partial charge is 0.467 e. The van der Waals surface area contributed by atoms with E-state index in [0.717, 1.165) is 0 Å². The van der Waals surface area contributed by atoms with Crippen LogP contribution in [0.3, 0.4) is 0 Å². The molecule has 3 atom stereocenters. The SMILES string of the molecule is COC(=O)[C@]1(O)CC(OC)CC1(C)OC. The van der Waals surface area contributed by atoms with Gasteiger partial charge in [0.2, 0.25) is 0 Å². The minimum Gasteiger partial charge on any atom is -0.467 e. The predicted molar refractivity (Wildman–Crippen MR) is 52.4 cm³/mol. The van der Waals surface area contributed by atoms with E-state index in [4.69, 9.17) is 9.47 Å². The highest BCUT2D eigenvalue weighted by Crippen LogP contribution is 2.43. The lowest BCUT2D eigenvalue weighted by atomic mass is 9.87. The third kappa shape index (κ3) is 1.75. The van der Waals surface area contributed by atoms with E-state index < -0.39 is 17.2 Å². The van der Waals surface area contributed by atoms with Crippen LogP contribution >= 0.6 is 0 Å². The van der Waals surface area contributed by atoms with Gasteiger partial charge in [-0.15, -0.1) is 0 Å². The molecule has 5 heteroatoms. The summed E-state index contributed by atoms with van der Waals surface area (Å²) < 4.78 is 15.0. The van der Waals surface area contributed by atoms with E-state index in [0.29, 0.717) is 6.42 Å². The van der Waals surface area contributed by atoms with Crippen LogP contribution in [0.5, 0.6) is 0 Å². The van der Waals surface area contributed by atoms with Gasteiger partial charge in [0.1, 0.15) is 5.60 Å². The summed E-state index contributed by atoms with van der Waals surface area (Å²) in [5, 5.41) is 10.3. The van der Waals surface area contributed by atoms with Gasteiger partial charge >= 0.3 is 5.97 Å². The summed E-state index contributed by atoms with van der Waals surface area (Å²) in [6.07, 6.45) is 0.464. The molecule has 1 aliphatic rings. The number of carbonyl (C=O) groups excluding carboxylic acids is 1. The first-order valence-electron chi connectivity index (χ1n) is 4.82. The Morgan fingerprint density at radius 2 is 1.93 bits per heavy atom. The minimum absolute atomic E-state index is 0.195. The van der Waals surface area contributed by atoms with Gasteiger partial charge in [0.25, 0.3) is 0 Å². The molecule has 2 unspecified atom stereocenters. The highest BCUT2D eigenvalue weighted by atomic mass is 16.6. The van der Waals surface area contributed by atoms with Crippen LogP contribution in [0.25, 0.3) is 0 Å². The number of methoxy groups -OCH3 is 3. The van der Waals surface area contributed by atoms with Crippen molar-refractivity contribution in [1.82, 2.24) is 0 Å². The second-order valence-corrected chi connectivity index (χ2v) is 4.05. The molecule has 0 heterocycles. The van der Waals surface area contributed by atoms with E-state index in [-0.39, 0.29) is 12.5 Å². The van der Waals surface area contributed by atoms with Crippen molar-refractivity contribution in [2.24, 2.45) is 0 Å². The quantitative estimate of drug-likeness (QED) is 0.681. The van der Waals surface area contributed by atoms with Crippen LogP contribution in [-0.4, -0.2) is 49.7 Å². The third-order valence-corrected chi connectivity index (χ3v) is 3.32. The number of carbonyl (C=O) groups is 1.